The van der Waals surface area contributed by atoms with Crippen LogP contribution in [0.4, 0.5) is 17.5 Å². The van der Waals surface area contributed by atoms with Gasteiger partial charge in [0.15, 0.2) is 17.1 Å². The molecule has 2 N–H and O–H groups in total. The van der Waals surface area contributed by atoms with Crippen LogP contribution in [0.15, 0.2) is 43.5 Å². The van der Waals surface area contributed by atoms with Crippen LogP contribution in [0.2, 0.25) is 10.0 Å². The zero-order valence-corrected chi connectivity index (χ0v) is 21.3. The number of benzene rings is 1. The van der Waals surface area contributed by atoms with Crippen molar-refractivity contribution in [1.29, 1.82) is 0 Å². The molecule has 1 amide bonds. The van der Waals surface area contributed by atoms with Gasteiger partial charge in [-0.2, -0.15) is 19.7 Å². The van der Waals surface area contributed by atoms with Crippen molar-refractivity contribution in [3.05, 3.63) is 53.6 Å². The van der Waals surface area contributed by atoms with E-state index in [9.17, 15) is 4.79 Å². The fraction of sp³-hybridized carbons (Fsp3) is 0.130. The Morgan fingerprint density at radius 2 is 1.84 bits per heavy atom. The summed E-state index contributed by atoms with van der Waals surface area (Å²) < 4.78 is 13.9. The summed E-state index contributed by atoms with van der Waals surface area (Å²) in [4.78, 5) is 25.2. The second-order valence-electron chi connectivity index (χ2n) is 7.69. The van der Waals surface area contributed by atoms with E-state index in [-0.39, 0.29) is 11.9 Å². The maximum Gasteiger partial charge on any atom is 0.247 e. The van der Waals surface area contributed by atoms with Crippen LogP contribution >= 0.6 is 23.2 Å². The van der Waals surface area contributed by atoms with Gasteiger partial charge in [-0.15, -0.1) is 0 Å². The Labute approximate surface area is 219 Å². The van der Waals surface area contributed by atoms with Crippen molar-refractivity contribution in [1.82, 2.24) is 34.3 Å². The highest BCUT2D eigenvalue weighted by Gasteiger charge is 2.23. The highest BCUT2D eigenvalue weighted by Crippen LogP contribution is 2.47. The summed E-state index contributed by atoms with van der Waals surface area (Å²) in [5.41, 5.74) is 2.41. The third-order valence-corrected chi connectivity index (χ3v) is 6.18. The van der Waals surface area contributed by atoms with Crippen molar-refractivity contribution in [3.63, 3.8) is 0 Å². The molecule has 0 fully saturated rings. The summed E-state index contributed by atoms with van der Waals surface area (Å²) in [5, 5.41) is 15.6. The van der Waals surface area contributed by atoms with Crippen LogP contribution in [0.25, 0.3) is 27.8 Å². The van der Waals surface area contributed by atoms with Crippen LogP contribution in [0, 0.1) is 0 Å². The zero-order valence-electron chi connectivity index (χ0n) is 19.8. The second-order valence-corrected chi connectivity index (χ2v) is 8.45. The monoisotopic (exact) mass is 539 g/mol. The van der Waals surface area contributed by atoms with Crippen LogP contribution in [0.1, 0.15) is 0 Å². The molecule has 0 unspecified atom stereocenters. The lowest BCUT2D eigenvalue weighted by molar-refractivity contribution is -0.111. The van der Waals surface area contributed by atoms with Gasteiger partial charge in [-0.05, 0) is 12.1 Å². The molecule has 0 saturated heterocycles. The Bertz CT molecular complexity index is 1670. The summed E-state index contributed by atoms with van der Waals surface area (Å²) in [7, 11) is 4.73. The van der Waals surface area contributed by atoms with Crippen molar-refractivity contribution >= 4 is 63.2 Å². The number of anilines is 3. The van der Waals surface area contributed by atoms with Gasteiger partial charge < -0.3 is 20.1 Å². The molecule has 5 aromatic rings. The maximum atomic E-state index is 11.8. The molecule has 1 aromatic carbocycles. The van der Waals surface area contributed by atoms with Gasteiger partial charge in [0.1, 0.15) is 23.5 Å². The predicted molar refractivity (Wildman–Crippen MR) is 140 cm³/mol. The van der Waals surface area contributed by atoms with Crippen molar-refractivity contribution in [2.75, 3.05) is 24.9 Å². The SMILES string of the molecule is C=CC(=O)Nc1cn(C)nc1Nc1ncc2cc(-c3c(Cl)c(OC)cc(OC)c3Cl)c3ncnn3c2n1. The number of rotatable bonds is 7. The van der Waals surface area contributed by atoms with Crippen LogP contribution in [-0.2, 0) is 11.8 Å². The number of carbonyl (C=O) groups is 1. The molecule has 37 heavy (non-hydrogen) atoms. The number of nitrogens with one attached hydrogen (secondary N) is 2. The lowest BCUT2D eigenvalue weighted by Gasteiger charge is -2.16. The number of methoxy groups -OCH3 is 2. The molecular formula is C23H19Cl2N9O3. The molecule has 0 aliphatic heterocycles. The van der Waals surface area contributed by atoms with Crippen molar-refractivity contribution < 1.29 is 14.3 Å². The highest BCUT2D eigenvalue weighted by molar-refractivity contribution is 6.41. The smallest absolute Gasteiger partial charge is 0.247 e. The number of hydrogen-bond donors (Lipinski definition) is 2. The van der Waals surface area contributed by atoms with E-state index >= 15 is 0 Å². The van der Waals surface area contributed by atoms with Crippen LogP contribution in [-0.4, -0.2) is 54.5 Å². The molecule has 0 bridgehead atoms. The fourth-order valence-corrected chi connectivity index (χ4v) is 4.49. The fourth-order valence-electron chi connectivity index (χ4n) is 3.78. The van der Waals surface area contributed by atoms with E-state index in [1.807, 2.05) is 6.07 Å². The van der Waals surface area contributed by atoms with E-state index in [1.165, 1.54) is 26.6 Å². The number of fused-ring (bicyclic) bond motifs is 3. The van der Waals surface area contributed by atoms with E-state index in [1.54, 1.807) is 34.7 Å². The van der Waals surface area contributed by atoms with Gasteiger partial charge in [0, 0.05) is 35.8 Å². The number of carbonyl (C=O) groups excluding carboxylic acids is 1. The molecule has 4 aromatic heterocycles. The van der Waals surface area contributed by atoms with Crippen molar-refractivity contribution in [3.8, 4) is 22.6 Å². The minimum absolute atomic E-state index is 0.226. The van der Waals surface area contributed by atoms with Crippen molar-refractivity contribution in [2.45, 2.75) is 0 Å². The zero-order chi connectivity index (χ0) is 26.3. The van der Waals surface area contributed by atoms with Gasteiger partial charge in [0.2, 0.25) is 11.9 Å². The predicted octanol–water partition coefficient (Wildman–Crippen LogP) is 4.27. The Hall–Kier alpha value is -4.42. The number of hydrogen-bond acceptors (Lipinski definition) is 9. The molecule has 0 aliphatic rings. The third-order valence-electron chi connectivity index (χ3n) is 5.43. The molecule has 0 atom stereocenters. The molecule has 0 aliphatic carbocycles. The average Bonchev–Trinajstić information content (AvgIpc) is 3.51. The Morgan fingerprint density at radius 1 is 1.11 bits per heavy atom. The first kappa shape index (κ1) is 24.3. The molecule has 0 spiro atoms. The van der Waals surface area contributed by atoms with E-state index in [4.69, 9.17) is 32.7 Å². The molecule has 4 heterocycles. The van der Waals surface area contributed by atoms with Crippen LogP contribution in [0.5, 0.6) is 11.5 Å². The number of nitrogens with zero attached hydrogens (tertiary/aromatic N) is 7. The average molecular weight is 540 g/mol. The Morgan fingerprint density at radius 3 is 2.51 bits per heavy atom. The first-order chi connectivity index (χ1) is 17.8. The standard InChI is InChI=1S/C23H19Cl2N9O3/c1-5-16(35)29-13-9-33(2)32-20(13)30-23-26-8-11-6-12(22-27-10-28-34(22)21(11)31-23)17-18(24)14(36-3)7-15(37-4)19(17)25/h5-10H,1H2,2-4H3,(H,29,35)(H,26,30,31,32). The largest absolute Gasteiger partial charge is 0.495 e. The molecule has 12 nitrogen and oxygen atoms in total. The third kappa shape index (κ3) is 4.26. The lowest BCUT2D eigenvalue weighted by atomic mass is 10.0. The van der Waals surface area contributed by atoms with Gasteiger partial charge in [-0.3, -0.25) is 9.48 Å². The lowest BCUT2D eigenvalue weighted by Crippen LogP contribution is -2.09. The summed E-state index contributed by atoms with van der Waals surface area (Å²) in [6.07, 6.45) is 5.81. The summed E-state index contributed by atoms with van der Waals surface area (Å²) in [6, 6.07) is 3.42. The minimum atomic E-state index is -0.376. The summed E-state index contributed by atoms with van der Waals surface area (Å²) >= 11 is 13.3. The van der Waals surface area contributed by atoms with E-state index in [0.29, 0.717) is 60.9 Å². The van der Waals surface area contributed by atoms with E-state index in [2.05, 4.69) is 42.4 Å². The number of aromatic nitrogens is 7. The molecule has 14 heteroatoms. The normalized spacial score (nSPS) is 11.1. The number of pyridine rings is 1. The second kappa shape index (κ2) is 9.56. The summed E-state index contributed by atoms with van der Waals surface area (Å²) in [5.74, 6) is 0.982. The number of halogens is 2. The number of aryl methyl sites for hydroxylation is 1. The highest BCUT2D eigenvalue weighted by atomic mass is 35.5. The maximum absolute atomic E-state index is 11.8. The van der Waals surface area contributed by atoms with Gasteiger partial charge in [0.25, 0.3) is 0 Å². The van der Waals surface area contributed by atoms with Gasteiger partial charge in [0.05, 0.1) is 30.5 Å². The van der Waals surface area contributed by atoms with Gasteiger partial charge in [-0.1, -0.05) is 29.8 Å². The van der Waals surface area contributed by atoms with Crippen LogP contribution < -0.4 is 20.1 Å². The molecular weight excluding hydrogens is 521 g/mol. The van der Waals surface area contributed by atoms with Crippen molar-refractivity contribution in [2.24, 2.45) is 7.05 Å². The minimum Gasteiger partial charge on any atom is -0.495 e. The first-order valence-corrected chi connectivity index (χ1v) is 11.4. The van der Waals surface area contributed by atoms with Gasteiger partial charge in [-0.25, -0.2) is 9.97 Å². The van der Waals surface area contributed by atoms with E-state index < -0.39 is 0 Å². The molecule has 188 valence electrons. The quantitative estimate of drug-likeness (QED) is 0.291. The molecule has 0 saturated carbocycles. The van der Waals surface area contributed by atoms with E-state index in [0.717, 1.165) is 0 Å². The topological polar surface area (TPSA) is 133 Å². The number of amides is 1. The Kier molecular flexibility index (Phi) is 6.27. The summed E-state index contributed by atoms with van der Waals surface area (Å²) in [6.45, 7) is 3.46. The van der Waals surface area contributed by atoms with Gasteiger partial charge >= 0.3 is 0 Å². The van der Waals surface area contributed by atoms with Crippen LogP contribution in [0.3, 0.4) is 0 Å². The molecule has 0 radical (unpaired) electrons. The first-order valence-electron chi connectivity index (χ1n) is 10.7. The molecule has 5 rings (SSSR count). The number of ether oxygens (including phenoxy) is 2. The Balaban J connectivity index is 1.64.